The molecule has 1 aliphatic heterocycles. The molecule has 0 bridgehead atoms. The highest BCUT2D eigenvalue weighted by Crippen LogP contribution is 2.21. The van der Waals surface area contributed by atoms with Gasteiger partial charge in [0.15, 0.2) is 0 Å². The van der Waals surface area contributed by atoms with Crippen LogP contribution < -0.4 is 15.1 Å². The van der Waals surface area contributed by atoms with Crippen LogP contribution >= 0.6 is 0 Å². The highest BCUT2D eigenvalue weighted by atomic mass is 19.1. The van der Waals surface area contributed by atoms with Crippen LogP contribution in [-0.2, 0) is 0 Å². The van der Waals surface area contributed by atoms with Gasteiger partial charge in [0.25, 0.3) is 5.91 Å². The molecule has 5 nitrogen and oxygen atoms in total. The topological polar surface area (TPSA) is 48.5 Å². The number of hydrogen-bond donors (Lipinski definition) is 1. The molecule has 29 heavy (non-hydrogen) atoms. The Hall–Kier alpha value is -2.63. The third-order valence-electron chi connectivity index (χ3n) is 5.99. The molecule has 0 atom stereocenters. The lowest BCUT2D eigenvalue weighted by Gasteiger charge is -2.36. The van der Waals surface area contributed by atoms with Crippen LogP contribution in [-0.4, -0.2) is 43.1 Å². The van der Waals surface area contributed by atoms with Gasteiger partial charge in [-0.25, -0.2) is 9.37 Å². The molecule has 0 radical (unpaired) electrons. The summed E-state index contributed by atoms with van der Waals surface area (Å²) in [6, 6.07) is 10.6. The first-order chi connectivity index (χ1) is 14.2. The minimum absolute atomic E-state index is 0.00509. The maximum atomic E-state index is 13.1. The third-order valence-corrected chi connectivity index (χ3v) is 5.99. The molecule has 1 aromatic carbocycles. The maximum absolute atomic E-state index is 13.1. The first-order valence-electron chi connectivity index (χ1n) is 10.7. The summed E-state index contributed by atoms with van der Waals surface area (Å²) >= 11 is 0. The second-order valence-corrected chi connectivity index (χ2v) is 8.02. The fourth-order valence-electron chi connectivity index (χ4n) is 4.27. The van der Waals surface area contributed by atoms with Crippen LogP contribution in [0.15, 0.2) is 42.6 Å². The number of pyridine rings is 1. The highest BCUT2D eigenvalue weighted by Gasteiger charge is 2.20. The number of hydrogen-bond acceptors (Lipinski definition) is 4. The Morgan fingerprint density at radius 2 is 1.59 bits per heavy atom. The molecule has 2 heterocycles. The molecule has 2 fully saturated rings. The molecule has 1 saturated carbocycles. The fraction of sp³-hybridized carbons (Fsp3) is 0.478. The number of rotatable bonds is 4. The van der Waals surface area contributed by atoms with E-state index in [1.54, 1.807) is 12.3 Å². The van der Waals surface area contributed by atoms with Crippen LogP contribution in [0.5, 0.6) is 0 Å². The average molecular weight is 397 g/mol. The van der Waals surface area contributed by atoms with Gasteiger partial charge >= 0.3 is 0 Å². The maximum Gasteiger partial charge on any atom is 0.251 e. The number of carbonyl (C=O) groups is 1. The summed E-state index contributed by atoms with van der Waals surface area (Å²) in [6.45, 7) is 3.31. The van der Waals surface area contributed by atoms with Gasteiger partial charge in [-0.3, -0.25) is 4.79 Å². The van der Waals surface area contributed by atoms with Crippen molar-refractivity contribution in [2.45, 2.75) is 44.6 Å². The van der Waals surface area contributed by atoms with Crippen molar-refractivity contribution >= 4 is 17.4 Å². The molecular formula is C23H29FN4O. The van der Waals surface area contributed by atoms with E-state index in [-0.39, 0.29) is 11.7 Å². The summed E-state index contributed by atoms with van der Waals surface area (Å²) in [5.74, 6) is 0.637. The zero-order valence-corrected chi connectivity index (χ0v) is 16.8. The first kappa shape index (κ1) is 19.7. The summed E-state index contributed by atoms with van der Waals surface area (Å²) in [6.07, 6.45) is 8.83. The number of amides is 1. The van der Waals surface area contributed by atoms with E-state index in [1.807, 2.05) is 18.2 Å². The van der Waals surface area contributed by atoms with Crippen LogP contribution in [0.25, 0.3) is 0 Å². The third kappa shape index (κ3) is 5.05. The quantitative estimate of drug-likeness (QED) is 0.794. The summed E-state index contributed by atoms with van der Waals surface area (Å²) in [7, 11) is 0. The lowest BCUT2D eigenvalue weighted by Crippen LogP contribution is -2.47. The minimum atomic E-state index is -0.212. The summed E-state index contributed by atoms with van der Waals surface area (Å²) in [4.78, 5) is 21.7. The predicted molar refractivity (Wildman–Crippen MR) is 114 cm³/mol. The van der Waals surface area contributed by atoms with E-state index in [9.17, 15) is 9.18 Å². The van der Waals surface area contributed by atoms with E-state index < -0.39 is 0 Å². The van der Waals surface area contributed by atoms with Gasteiger partial charge in [0, 0.05) is 49.7 Å². The highest BCUT2D eigenvalue weighted by molar-refractivity contribution is 5.95. The van der Waals surface area contributed by atoms with Crippen molar-refractivity contribution in [2.24, 2.45) is 0 Å². The van der Waals surface area contributed by atoms with Gasteiger partial charge in [-0.15, -0.1) is 0 Å². The van der Waals surface area contributed by atoms with E-state index >= 15 is 0 Å². The van der Waals surface area contributed by atoms with Crippen LogP contribution in [0.1, 0.15) is 48.9 Å². The minimum Gasteiger partial charge on any atom is -0.368 e. The number of carbonyl (C=O) groups excluding carboxylic acids is 1. The van der Waals surface area contributed by atoms with E-state index in [0.717, 1.165) is 50.5 Å². The first-order valence-corrected chi connectivity index (χ1v) is 10.7. The van der Waals surface area contributed by atoms with Crippen LogP contribution in [0.2, 0.25) is 0 Å². The van der Waals surface area contributed by atoms with Gasteiger partial charge in [0.2, 0.25) is 0 Å². The van der Waals surface area contributed by atoms with Crippen molar-refractivity contribution in [3.05, 3.63) is 54.0 Å². The summed E-state index contributed by atoms with van der Waals surface area (Å²) < 4.78 is 13.1. The zero-order valence-electron chi connectivity index (χ0n) is 16.8. The molecule has 0 spiro atoms. The molecule has 2 aliphatic rings. The Bertz CT molecular complexity index is 810. The number of piperazine rings is 1. The van der Waals surface area contributed by atoms with E-state index in [4.69, 9.17) is 0 Å². The standard InChI is InChI=1S/C23H29FN4O/c24-19-7-9-21(10-8-19)27-13-15-28(16-14-27)22-17-18(11-12-25-22)23(29)26-20-5-3-1-2-4-6-20/h7-12,17,20H,1-6,13-16H2,(H,26,29). The Kier molecular flexibility index (Phi) is 6.27. The molecule has 2 aromatic rings. The molecule has 1 aromatic heterocycles. The normalized spacial score (nSPS) is 18.4. The van der Waals surface area contributed by atoms with E-state index in [2.05, 4.69) is 20.1 Å². The Labute approximate surface area is 171 Å². The number of nitrogens with one attached hydrogen (secondary N) is 1. The number of aromatic nitrogens is 1. The second-order valence-electron chi connectivity index (χ2n) is 8.02. The van der Waals surface area contributed by atoms with Crippen LogP contribution in [0.3, 0.4) is 0 Å². The Balaban J connectivity index is 1.36. The molecule has 1 amide bonds. The van der Waals surface area contributed by atoms with Crippen molar-refractivity contribution < 1.29 is 9.18 Å². The van der Waals surface area contributed by atoms with Gasteiger partial charge in [-0.05, 0) is 49.2 Å². The smallest absolute Gasteiger partial charge is 0.251 e. The van der Waals surface area contributed by atoms with Crippen molar-refractivity contribution in [2.75, 3.05) is 36.0 Å². The zero-order chi connectivity index (χ0) is 20.1. The lowest BCUT2D eigenvalue weighted by atomic mass is 10.1. The molecule has 6 heteroatoms. The van der Waals surface area contributed by atoms with E-state index in [1.165, 1.54) is 37.8 Å². The van der Waals surface area contributed by atoms with Gasteiger partial charge in [0.05, 0.1) is 0 Å². The summed E-state index contributed by atoms with van der Waals surface area (Å²) in [5, 5.41) is 3.21. The van der Waals surface area contributed by atoms with Crippen molar-refractivity contribution in [3.63, 3.8) is 0 Å². The molecule has 0 unspecified atom stereocenters. The molecular weight excluding hydrogens is 367 g/mol. The van der Waals surface area contributed by atoms with E-state index in [0.29, 0.717) is 11.6 Å². The lowest BCUT2D eigenvalue weighted by molar-refractivity contribution is 0.0933. The molecule has 154 valence electrons. The Morgan fingerprint density at radius 1 is 0.931 bits per heavy atom. The molecule has 4 rings (SSSR count). The number of benzene rings is 1. The molecule has 1 aliphatic carbocycles. The molecule has 1 N–H and O–H groups in total. The van der Waals surface area contributed by atoms with Gasteiger partial charge < -0.3 is 15.1 Å². The Morgan fingerprint density at radius 3 is 2.28 bits per heavy atom. The average Bonchev–Trinajstić information content (AvgIpc) is 3.03. The van der Waals surface area contributed by atoms with Crippen LogP contribution in [0, 0.1) is 5.82 Å². The predicted octanol–water partition coefficient (Wildman–Crippen LogP) is 4.00. The van der Waals surface area contributed by atoms with Crippen molar-refractivity contribution in [3.8, 4) is 0 Å². The SMILES string of the molecule is O=C(NC1CCCCCC1)c1ccnc(N2CCN(c3ccc(F)cc3)CC2)c1. The second kappa shape index (κ2) is 9.25. The number of anilines is 2. The van der Waals surface area contributed by atoms with Gasteiger partial charge in [0.1, 0.15) is 11.6 Å². The van der Waals surface area contributed by atoms with Crippen LogP contribution in [0.4, 0.5) is 15.9 Å². The van der Waals surface area contributed by atoms with Gasteiger partial charge in [-0.2, -0.15) is 0 Å². The number of halogens is 1. The largest absolute Gasteiger partial charge is 0.368 e. The summed E-state index contributed by atoms with van der Waals surface area (Å²) in [5.41, 5.74) is 1.72. The van der Waals surface area contributed by atoms with Gasteiger partial charge in [-0.1, -0.05) is 25.7 Å². The number of nitrogens with zero attached hydrogens (tertiary/aromatic N) is 3. The van der Waals surface area contributed by atoms with Crippen molar-refractivity contribution in [1.29, 1.82) is 0 Å². The fourth-order valence-corrected chi connectivity index (χ4v) is 4.27. The molecule has 1 saturated heterocycles. The monoisotopic (exact) mass is 396 g/mol. The van der Waals surface area contributed by atoms with Crippen molar-refractivity contribution in [1.82, 2.24) is 10.3 Å².